The summed E-state index contributed by atoms with van der Waals surface area (Å²) in [4.78, 5) is 23.2. The van der Waals surface area contributed by atoms with Gasteiger partial charge in [-0.25, -0.2) is 4.79 Å². The molecule has 0 radical (unpaired) electrons. The second kappa shape index (κ2) is 5.97. The fraction of sp³-hybridized carbons (Fsp3) is 0.333. The average Bonchev–Trinajstić information content (AvgIpc) is 2.46. The van der Waals surface area contributed by atoms with Crippen molar-refractivity contribution in [3.63, 3.8) is 0 Å². The molecule has 118 valence electrons. The van der Waals surface area contributed by atoms with E-state index in [2.05, 4.69) is 0 Å². The van der Waals surface area contributed by atoms with Gasteiger partial charge in [0.1, 0.15) is 12.4 Å². The Morgan fingerprint density at radius 1 is 1.27 bits per heavy atom. The van der Waals surface area contributed by atoms with Crippen LogP contribution in [0.25, 0.3) is 0 Å². The highest BCUT2D eigenvalue weighted by atomic mass is 16.5. The van der Waals surface area contributed by atoms with E-state index >= 15 is 0 Å². The number of aliphatic carboxylic acids is 1. The summed E-state index contributed by atoms with van der Waals surface area (Å²) in [5, 5.41) is 18.3. The van der Waals surface area contributed by atoms with E-state index in [1.807, 2.05) is 13.8 Å². The van der Waals surface area contributed by atoms with Crippen molar-refractivity contribution < 1.29 is 34.0 Å². The molecule has 1 aromatic rings. The molecule has 1 aliphatic heterocycles. The van der Waals surface area contributed by atoms with Gasteiger partial charge in [-0.1, -0.05) is 0 Å². The molecule has 0 aromatic heterocycles. The minimum absolute atomic E-state index is 0.116. The number of carbonyl (C=O) groups excluding carboxylic acids is 1. The summed E-state index contributed by atoms with van der Waals surface area (Å²) in [6.45, 7) is 3.31. The number of ketones is 1. The first-order chi connectivity index (χ1) is 10.3. The number of carbonyl (C=O) groups is 2. The van der Waals surface area contributed by atoms with Crippen LogP contribution in [0.3, 0.4) is 0 Å². The summed E-state index contributed by atoms with van der Waals surface area (Å²) in [5.74, 6) is -2.22. The van der Waals surface area contributed by atoms with Gasteiger partial charge < -0.3 is 24.4 Å². The van der Waals surface area contributed by atoms with E-state index in [4.69, 9.17) is 19.3 Å². The Bertz CT molecular complexity index is 658. The van der Waals surface area contributed by atoms with E-state index in [0.717, 1.165) is 0 Å². The van der Waals surface area contributed by atoms with E-state index < -0.39 is 17.5 Å². The second-order valence-electron chi connectivity index (χ2n) is 4.92. The number of ether oxygens (including phenoxy) is 3. The fourth-order valence-electron chi connectivity index (χ4n) is 2.03. The summed E-state index contributed by atoms with van der Waals surface area (Å²) in [7, 11) is 1.46. The Balaban J connectivity index is 2.52. The second-order valence-corrected chi connectivity index (χ2v) is 4.92. The molecule has 7 heteroatoms. The van der Waals surface area contributed by atoms with Crippen molar-refractivity contribution in [2.45, 2.75) is 20.0 Å². The van der Waals surface area contributed by atoms with Crippen LogP contribution in [-0.4, -0.2) is 41.8 Å². The van der Waals surface area contributed by atoms with Gasteiger partial charge in [0, 0.05) is 6.07 Å². The van der Waals surface area contributed by atoms with Gasteiger partial charge in [0.2, 0.25) is 5.76 Å². The molecule has 2 rings (SSSR count). The highest BCUT2D eigenvalue weighted by Gasteiger charge is 2.30. The number of fused-ring (bicyclic) bond motifs is 1. The third-order valence-corrected chi connectivity index (χ3v) is 3.01. The lowest BCUT2D eigenvalue weighted by atomic mass is 9.98. The van der Waals surface area contributed by atoms with E-state index in [1.54, 1.807) is 0 Å². The third-order valence-electron chi connectivity index (χ3n) is 3.01. The molecule has 0 unspecified atom stereocenters. The Hall–Kier alpha value is -2.70. The fourth-order valence-corrected chi connectivity index (χ4v) is 2.03. The van der Waals surface area contributed by atoms with Crippen molar-refractivity contribution in [3.8, 4) is 17.2 Å². The maximum absolute atomic E-state index is 12.3. The lowest BCUT2D eigenvalue weighted by Crippen LogP contribution is -2.23. The molecule has 0 aliphatic carbocycles. The zero-order chi connectivity index (χ0) is 16.4. The highest BCUT2D eigenvalue weighted by molar-refractivity contribution is 6.14. The van der Waals surface area contributed by atoms with Crippen LogP contribution < -0.4 is 14.2 Å². The van der Waals surface area contributed by atoms with Crippen LogP contribution in [0.15, 0.2) is 23.5 Å². The van der Waals surface area contributed by atoms with Crippen LogP contribution in [-0.2, 0) is 4.79 Å². The van der Waals surface area contributed by atoms with E-state index in [-0.39, 0.29) is 29.6 Å². The number of hydrogen-bond acceptors (Lipinski definition) is 6. The van der Waals surface area contributed by atoms with E-state index in [1.165, 1.54) is 19.2 Å². The minimum atomic E-state index is -1.58. The molecular weight excluding hydrogens is 292 g/mol. The molecule has 0 bridgehead atoms. The molecule has 1 heterocycles. The average molecular weight is 308 g/mol. The van der Waals surface area contributed by atoms with Gasteiger partial charge in [0.25, 0.3) is 0 Å². The molecule has 0 fully saturated rings. The van der Waals surface area contributed by atoms with Crippen molar-refractivity contribution in [2.24, 2.45) is 0 Å². The van der Waals surface area contributed by atoms with Crippen molar-refractivity contribution >= 4 is 11.8 Å². The van der Waals surface area contributed by atoms with Crippen LogP contribution in [0, 0.1) is 0 Å². The number of aliphatic hydroxyl groups is 1. The quantitative estimate of drug-likeness (QED) is 0.647. The largest absolute Gasteiger partial charge is 0.501 e. The molecule has 2 N–H and O–H groups in total. The van der Waals surface area contributed by atoms with Gasteiger partial charge in [-0.3, -0.25) is 4.79 Å². The van der Waals surface area contributed by atoms with Crippen molar-refractivity contribution in [1.82, 2.24) is 0 Å². The SMILES string of the molecule is COc1cc2c(cc1OC(C)C)C(=O)/C(=C(\O)C(=O)O)CO2. The third kappa shape index (κ3) is 2.83. The molecular formula is C15H16O7. The van der Waals surface area contributed by atoms with Crippen molar-refractivity contribution in [3.05, 3.63) is 29.0 Å². The lowest BCUT2D eigenvalue weighted by molar-refractivity contribution is -0.135. The van der Waals surface area contributed by atoms with E-state index in [0.29, 0.717) is 11.5 Å². The van der Waals surface area contributed by atoms with Crippen LogP contribution in [0.5, 0.6) is 17.2 Å². The summed E-state index contributed by atoms with van der Waals surface area (Å²) in [6.07, 6.45) is -0.144. The molecule has 22 heavy (non-hydrogen) atoms. The van der Waals surface area contributed by atoms with Crippen molar-refractivity contribution in [2.75, 3.05) is 13.7 Å². The summed E-state index contributed by atoms with van der Waals surface area (Å²) in [6, 6.07) is 2.92. The summed E-state index contributed by atoms with van der Waals surface area (Å²) in [5.41, 5.74) is -0.189. The van der Waals surface area contributed by atoms with Crippen LogP contribution >= 0.6 is 0 Å². The number of carboxylic acid groups (broad SMARTS) is 1. The van der Waals surface area contributed by atoms with Gasteiger partial charge >= 0.3 is 5.97 Å². The monoisotopic (exact) mass is 308 g/mol. The first-order valence-corrected chi connectivity index (χ1v) is 6.56. The maximum atomic E-state index is 12.3. The van der Waals surface area contributed by atoms with Gasteiger partial charge in [-0.05, 0) is 19.9 Å². The molecule has 7 nitrogen and oxygen atoms in total. The number of rotatable bonds is 4. The zero-order valence-electron chi connectivity index (χ0n) is 12.4. The Morgan fingerprint density at radius 2 is 1.95 bits per heavy atom. The maximum Gasteiger partial charge on any atom is 0.371 e. The molecule has 0 saturated carbocycles. The van der Waals surface area contributed by atoms with Gasteiger partial charge in [-0.15, -0.1) is 0 Å². The topological polar surface area (TPSA) is 102 Å². The zero-order valence-corrected chi connectivity index (χ0v) is 12.4. The Kier molecular flexibility index (Phi) is 4.25. The van der Waals surface area contributed by atoms with Crippen LogP contribution in [0.1, 0.15) is 24.2 Å². The Morgan fingerprint density at radius 3 is 2.50 bits per heavy atom. The number of aliphatic hydroxyl groups excluding tert-OH is 1. The summed E-state index contributed by atoms with van der Waals surface area (Å²) >= 11 is 0. The normalized spacial score (nSPS) is 15.9. The number of Topliss-reactive ketones (excluding diaryl/α,β-unsaturated/α-hetero) is 1. The molecule has 0 amide bonds. The first-order valence-electron chi connectivity index (χ1n) is 6.56. The van der Waals surface area contributed by atoms with Crippen LogP contribution in [0.4, 0.5) is 0 Å². The van der Waals surface area contributed by atoms with E-state index in [9.17, 15) is 14.7 Å². The number of benzene rings is 1. The minimum Gasteiger partial charge on any atom is -0.501 e. The standard InChI is InChI=1S/C15H16O7/c1-7(2)22-12-4-8-10(5-11(12)20-3)21-6-9(13(8)16)14(17)15(18)19/h4-5,7,17H,6H2,1-3H3,(H,18,19)/b14-9-. The van der Waals surface area contributed by atoms with Gasteiger partial charge in [0.15, 0.2) is 17.3 Å². The summed E-state index contributed by atoms with van der Waals surface area (Å²) < 4.78 is 16.1. The molecule has 1 aliphatic rings. The molecule has 0 spiro atoms. The number of methoxy groups -OCH3 is 1. The van der Waals surface area contributed by atoms with Gasteiger partial charge in [-0.2, -0.15) is 0 Å². The Labute approximate surface area is 126 Å². The predicted molar refractivity (Wildman–Crippen MR) is 75.9 cm³/mol. The predicted octanol–water partition coefficient (Wildman–Crippen LogP) is 1.95. The molecule has 0 saturated heterocycles. The smallest absolute Gasteiger partial charge is 0.371 e. The number of carboxylic acids is 1. The number of hydrogen-bond donors (Lipinski definition) is 2. The molecule has 0 atom stereocenters. The van der Waals surface area contributed by atoms with Gasteiger partial charge in [0.05, 0.1) is 24.4 Å². The van der Waals surface area contributed by atoms with Crippen LogP contribution in [0.2, 0.25) is 0 Å². The highest BCUT2D eigenvalue weighted by Crippen LogP contribution is 2.38. The first kappa shape index (κ1) is 15.7. The molecule has 1 aromatic carbocycles. The lowest BCUT2D eigenvalue weighted by Gasteiger charge is -2.22. The van der Waals surface area contributed by atoms with Crippen molar-refractivity contribution in [1.29, 1.82) is 0 Å².